The average Bonchev–Trinajstić information content (AvgIpc) is 2.97. The van der Waals surface area contributed by atoms with Gasteiger partial charge in [0.15, 0.2) is 0 Å². The van der Waals surface area contributed by atoms with Gasteiger partial charge in [-0.3, -0.25) is 9.78 Å². The van der Waals surface area contributed by atoms with Crippen LogP contribution in [0.3, 0.4) is 0 Å². The van der Waals surface area contributed by atoms with Gasteiger partial charge in [0.2, 0.25) is 0 Å². The van der Waals surface area contributed by atoms with Crippen LogP contribution in [0.5, 0.6) is 0 Å². The number of hydrogen-bond donors (Lipinski definition) is 1. The normalized spacial score (nSPS) is 11.0. The summed E-state index contributed by atoms with van der Waals surface area (Å²) in [6.45, 7) is 0. The molecule has 1 N–H and O–H groups in total. The Morgan fingerprint density at radius 2 is 1.74 bits per heavy atom. The predicted molar refractivity (Wildman–Crippen MR) is 88.9 cm³/mol. The monoisotopic (exact) mass is 323 g/mol. The standard InChI is InChI=1S/C17H10FN3OS/c18-12-3-1-10(2-4-12)13-14-16(22)20-9-21-17(14)23-15(13)11-5-7-19-8-6-11/h1-9H,(H,20,21,22). The summed E-state index contributed by atoms with van der Waals surface area (Å²) < 4.78 is 13.3. The first-order valence-electron chi connectivity index (χ1n) is 6.90. The smallest absolute Gasteiger partial charge is 0.260 e. The fraction of sp³-hybridized carbons (Fsp3) is 0. The highest BCUT2D eigenvalue weighted by Crippen LogP contribution is 2.42. The van der Waals surface area contributed by atoms with Crippen LogP contribution in [-0.2, 0) is 0 Å². The van der Waals surface area contributed by atoms with E-state index in [0.717, 1.165) is 21.6 Å². The first-order valence-corrected chi connectivity index (χ1v) is 7.72. The second-order valence-corrected chi connectivity index (χ2v) is 5.96. The number of aromatic amines is 1. The number of hydrogen-bond acceptors (Lipinski definition) is 4. The molecule has 6 heteroatoms. The van der Waals surface area contributed by atoms with Gasteiger partial charge < -0.3 is 4.98 Å². The SMILES string of the molecule is O=c1[nH]cnc2sc(-c3ccncc3)c(-c3ccc(F)cc3)c12. The molecule has 23 heavy (non-hydrogen) atoms. The van der Waals surface area contributed by atoms with Gasteiger partial charge in [0.05, 0.1) is 11.7 Å². The van der Waals surface area contributed by atoms with E-state index in [1.807, 2.05) is 12.1 Å². The number of nitrogens with one attached hydrogen (secondary N) is 1. The van der Waals surface area contributed by atoms with E-state index in [2.05, 4.69) is 15.0 Å². The van der Waals surface area contributed by atoms with Crippen LogP contribution in [0.4, 0.5) is 4.39 Å². The molecule has 112 valence electrons. The van der Waals surface area contributed by atoms with Crippen molar-refractivity contribution in [1.82, 2.24) is 15.0 Å². The summed E-state index contributed by atoms with van der Waals surface area (Å²) in [5.74, 6) is -0.314. The lowest BCUT2D eigenvalue weighted by molar-refractivity contribution is 0.628. The molecule has 0 saturated carbocycles. The first-order chi connectivity index (χ1) is 11.2. The molecule has 3 aromatic heterocycles. The van der Waals surface area contributed by atoms with Crippen molar-refractivity contribution in [3.8, 4) is 21.6 Å². The lowest BCUT2D eigenvalue weighted by Gasteiger charge is -2.05. The highest BCUT2D eigenvalue weighted by molar-refractivity contribution is 7.22. The molecule has 4 rings (SSSR count). The molecule has 4 aromatic rings. The molecule has 4 nitrogen and oxygen atoms in total. The summed E-state index contributed by atoms with van der Waals surface area (Å²) in [6, 6.07) is 9.89. The number of nitrogens with zero attached hydrogens (tertiary/aromatic N) is 2. The maximum atomic E-state index is 13.3. The number of H-pyrrole nitrogens is 1. The molecule has 0 saturated heterocycles. The van der Waals surface area contributed by atoms with E-state index in [9.17, 15) is 9.18 Å². The van der Waals surface area contributed by atoms with Crippen LogP contribution in [0, 0.1) is 5.82 Å². The van der Waals surface area contributed by atoms with Gasteiger partial charge in [0.25, 0.3) is 5.56 Å². The number of rotatable bonds is 2. The molecule has 0 bridgehead atoms. The maximum absolute atomic E-state index is 13.3. The molecule has 0 radical (unpaired) electrons. The highest BCUT2D eigenvalue weighted by Gasteiger charge is 2.18. The van der Waals surface area contributed by atoms with Crippen molar-refractivity contribution in [2.75, 3.05) is 0 Å². The molecule has 0 aliphatic heterocycles. The van der Waals surface area contributed by atoms with Crippen molar-refractivity contribution in [3.63, 3.8) is 0 Å². The molecule has 0 amide bonds. The van der Waals surface area contributed by atoms with Crippen LogP contribution >= 0.6 is 11.3 Å². The largest absolute Gasteiger partial charge is 0.313 e. The van der Waals surface area contributed by atoms with E-state index in [4.69, 9.17) is 0 Å². The Balaban J connectivity index is 2.11. The Labute approximate surface area is 134 Å². The zero-order valence-electron chi connectivity index (χ0n) is 11.8. The average molecular weight is 323 g/mol. The van der Waals surface area contributed by atoms with Crippen molar-refractivity contribution < 1.29 is 4.39 Å². The second-order valence-electron chi connectivity index (χ2n) is 4.96. The molecular formula is C17H10FN3OS. The number of aromatic nitrogens is 3. The van der Waals surface area contributed by atoms with Gasteiger partial charge in [-0.1, -0.05) is 12.1 Å². The van der Waals surface area contributed by atoms with Crippen LogP contribution in [0.2, 0.25) is 0 Å². The summed E-state index contributed by atoms with van der Waals surface area (Å²) in [5.41, 5.74) is 2.29. The molecule has 0 aliphatic rings. The highest BCUT2D eigenvalue weighted by atomic mass is 32.1. The molecule has 0 unspecified atom stereocenters. The van der Waals surface area contributed by atoms with Crippen molar-refractivity contribution >= 4 is 21.6 Å². The second kappa shape index (κ2) is 5.40. The molecule has 0 fully saturated rings. The van der Waals surface area contributed by atoms with Gasteiger partial charge in [-0.15, -0.1) is 11.3 Å². The minimum absolute atomic E-state index is 0.203. The predicted octanol–water partition coefficient (Wildman–Crippen LogP) is 3.85. The molecule has 0 aliphatic carbocycles. The van der Waals surface area contributed by atoms with Crippen LogP contribution in [0.1, 0.15) is 0 Å². The zero-order valence-corrected chi connectivity index (χ0v) is 12.6. The minimum atomic E-state index is -0.314. The van der Waals surface area contributed by atoms with Crippen LogP contribution in [0.15, 0.2) is 59.9 Å². The van der Waals surface area contributed by atoms with E-state index >= 15 is 0 Å². The van der Waals surface area contributed by atoms with Gasteiger partial charge in [-0.25, -0.2) is 9.37 Å². The van der Waals surface area contributed by atoms with Gasteiger partial charge in [0, 0.05) is 22.8 Å². The lowest BCUT2D eigenvalue weighted by atomic mass is 10.0. The topological polar surface area (TPSA) is 58.6 Å². The van der Waals surface area contributed by atoms with Crippen LogP contribution < -0.4 is 5.56 Å². The van der Waals surface area contributed by atoms with E-state index in [1.165, 1.54) is 29.8 Å². The molecule has 1 aromatic carbocycles. The van der Waals surface area contributed by atoms with Gasteiger partial charge in [-0.2, -0.15) is 0 Å². The van der Waals surface area contributed by atoms with Crippen molar-refractivity contribution in [2.24, 2.45) is 0 Å². The quantitative estimate of drug-likeness (QED) is 0.609. The third kappa shape index (κ3) is 2.33. The van der Waals surface area contributed by atoms with Crippen LogP contribution in [-0.4, -0.2) is 15.0 Å². The van der Waals surface area contributed by atoms with E-state index in [0.29, 0.717) is 10.2 Å². The van der Waals surface area contributed by atoms with E-state index < -0.39 is 0 Å². The summed E-state index contributed by atoms with van der Waals surface area (Å²) in [5, 5.41) is 0.524. The Morgan fingerprint density at radius 1 is 1.00 bits per heavy atom. The minimum Gasteiger partial charge on any atom is -0.313 e. The summed E-state index contributed by atoms with van der Waals surface area (Å²) in [7, 11) is 0. The van der Waals surface area contributed by atoms with Crippen molar-refractivity contribution in [2.45, 2.75) is 0 Å². The molecule has 3 heterocycles. The van der Waals surface area contributed by atoms with Gasteiger partial charge in [-0.05, 0) is 35.4 Å². The third-order valence-electron chi connectivity index (χ3n) is 3.57. The fourth-order valence-corrected chi connectivity index (χ4v) is 3.71. The number of pyridine rings is 1. The van der Waals surface area contributed by atoms with Gasteiger partial charge in [0.1, 0.15) is 10.6 Å². The van der Waals surface area contributed by atoms with Crippen LogP contribution in [0.25, 0.3) is 31.8 Å². The Kier molecular flexibility index (Phi) is 3.24. The van der Waals surface area contributed by atoms with Gasteiger partial charge >= 0.3 is 0 Å². The Bertz CT molecular complexity index is 1040. The molecule has 0 atom stereocenters. The number of thiophene rings is 1. The zero-order chi connectivity index (χ0) is 15.8. The Morgan fingerprint density at radius 3 is 2.48 bits per heavy atom. The van der Waals surface area contributed by atoms with Crippen molar-refractivity contribution in [3.05, 3.63) is 71.3 Å². The fourth-order valence-electron chi connectivity index (χ4n) is 2.54. The first kappa shape index (κ1) is 13.8. The number of halogens is 1. The third-order valence-corrected chi connectivity index (χ3v) is 4.72. The number of benzene rings is 1. The maximum Gasteiger partial charge on any atom is 0.260 e. The molecular weight excluding hydrogens is 313 g/mol. The summed E-state index contributed by atoms with van der Waals surface area (Å²) in [4.78, 5) is 24.8. The van der Waals surface area contributed by atoms with E-state index in [1.54, 1.807) is 24.5 Å². The van der Waals surface area contributed by atoms with Crippen molar-refractivity contribution in [1.29, 1.82) is 0 Å². The lowest BCUT2D eigenvalue weighted by Crippen LogP contribution is -2.05. The summed E-state index contributed by atoms with van der Waals surface area (Å²) >= 11 is 1.44. The Hall–Kier alpha value is -2.86. The van der Waals surface area contributed by atoms with E-state index in [-0.39, 0.29) is 11.4 Å². The number of fused-ring (bicyclic) bond motifs is 1. The molecule has 0 spiro atoms. The summed E-state index contributed by atoms with van der Waals surface area (Å²) in [6.07, 6.45) is 4.80.